The van der Waals surface area contributed by atoms with E-state index in [1.165, 1.54) is 0 Å². The van der Waals surface area contributed by atoms with Crippen molar-refractivity contribution in [2.75, 3.05) is 18.4 Å². The quantitative estimate of drug-likeness (QED) is 0.914. The number of rotatable bonds is 4. The van der Waals surface area contributed by atoms with Crippen LogP contribution in [0.4, 0.5) is 5.69 Å². The van der Waals surface area contributed by atoms with E-state index in [-0.39, 0.29) is 11.8 Å². The molecule has 1 saturated heterocycles. The lowest BCUT2D eigenvalue weighted by molar-refractivity contribution is -0.115. The van der Waals surface area contributed by atoms with Crippen molar-refractivity contribution in [3.05, 3.63) is 36.5 Å². The van der Waals surface area contributed by atoms with Crippen molar-refractivity contribution < 1.29 is 9.59 Å². The van der Waals surface area contributed by atoms with Gasteiger partial charge in [0.15, 0.2) is 0 Å². The summed E-state index contributed by atoms with van der Waals surface area (Å²) in [5, 5.41) is 2.76. The first-order valence-electron chi connectivity index (χ1n) is 9.05. The van der Waals surface area contributed by atoms with E-state index in [1.807, 2.05) is 4.90 Å². The summed E-state index contributed by atoms with van der Waals surface area (Å²) >= 11 is 0. The average Bonchev–Trinajstić information content (AvgIpc) is 3.10. The van der Waals surface area contributed by atoms with Gasteiger partial charge in [-0.05, 0) is 30.4 Å². The maximum Gasteiger partial charge on any atom is 0.274 e. The zero-order valence-corrected chi connectivity index (χ0v) is 15.5. The Balaban J connectivity index is 1.71. The molecule has 3 heterocycles. The maximum atomic E-state index is 12.7. The number of likely N-dealkylation sites (tertiary alicyclic amines) is 1. The minimum absolute atomic E-state index is 0.0334. The summed E-state index contributed by atoms with van der Waals surface area (Å²) in [6, 6.07) is 3.57. The summed E-state index contributed by atoms with van der Waals surface area (Å²) in [5.74, 6) is 1.58. The zero-order chi connectivity index (χ0) is 18.7. The second kappa shape index (κ2) is 7.68. The molecule has 7 heteroatoms. The third-order valence-electron chi connectivity index (χ3n) is 4.58. The van der Waals surface area contributed by atoms with Gasteiger partial charge in [-0.15, -0.1) is 0 Å². The molecule has 26 heavy (non-hydrogen) atoms. The zero-order valence-electron chi connectivity index (χ0n) is 15.5. The third-order valence-corrected chi connectivity index (χ3v) is 4.58. The Morgan fingerprint density at radius 2 is 1.92 bits per heavy atom. The van der Waals surface area contributed by atoms with Crippen LogP contribution in [0.2, 0.25) is 0 Å². The molecule has 1 aliphatic heterocycles. The standard InChI is InChI=1S/C19H25N5O2/c1-4-18(25)22-15-5-6-17(20-8-15)24-11-16(21-12-24)19(26)23-9-13(2)7-14(3)10-23/h5-6,8,11-14H,4,7,9-10H2,1-3H3,(H,22,25)/t13-,14-/m1/s1. The van der Waals surface area contributed by atoms with Crippen molar-refractivity contribution in [3.63, 3.8) is 0 Å². The summed E-state index contributed by atoms with van der Waals surface area (Å²) in [5.41, 5.74) is 1.07. The molecule has 0 aliphatic carbocycles. The van der Waals surface area contributed by atoms with Crippen LogP contribution < -0.4 is 5.32 Å². The minimum atomic E-state index is -0.0555. The molecule has 1 fully saturated rings. The molecule has 2 atom stereocenters. The highest BCUT2D eigenvalue weighted by Gasteiger charge is 2.27. The first kappa shape index (κ1) is 18.1. The van der Waals surface area contributed by atoms with Gasteiger partial charge in [-0.1, -0.05) is 20.8 Å². The van der Waals surface area contributed by atoms with E-state index in [0.717, 1.165) is 19.5 Å². The molecule has 2 aromatic heterocycles. The van der Waals surface area contributed by atoms with Crippen LogP contribution in [0.3, 0.4) is 0 Å². The Morgan fingerprint density at radius 3 is 2.54 bits per heavy atom. The predicted octanol–water partition coefficient (Wildman–Crippen LogP) is 2.73. The molecule has 1 N–H and O–H groups in total. The van der Waals surface area contributed by atoms with Crippen LogP contribution in [0.5, 0.6) is 0 Å². The number of aromatic nitrogens is 3. The number of hydrogen-bond donors (Lipinski definition) is 1. The van der Waals surface area contributed by atoms with E-state index >= 15 is 0 Å². The van der Waals surface area contributed by atoms with E-state index < -0.39 is 0 Å². The topological polar surface area (TPSA) is 80.1 Å². The number of carbonyl (C=O) groups excluding carboxylic acids is 2. The van der Waals surface area contributed by atoms with Crippen LogP contribution in [0.15, 0.2) is 30.9 Å². The fraction of sp³-hybridized carbons (Fsp3) is 0.474. The number of amides is 2. The van der Waals surface area contributed by atoms with E-state index in [2.05, 4.69) is 29.1 Å². The van der Waals surface area contributed by atoms with Crippen molar-refractivity contribution >= 4 is 17.5 Å². The van der Waals surface area contributed by atoms with Crippen LogP contribution in [-0.2, 0) is 4.79 Å². The second-order valence-corrected chi connectivity index (χ2v) is 7.13. The second-order valence-electron chi connectivity index (χ2n) is 7.13. The number of nitrogens with zero attached hydrogens (tertiary/aromatic N) is 4. The van der Waals surface area contributed by atoms with Crippen LogP contribution in [0.25, 0.3) is 5.82 Å². The smallest absolute Gasteiger partial charge is 0.274 e. The van der Waals surface area contributed by atoms with Crippen LogP contribution >= 0.6 is 0 Å². The Labute approximate surface area is 153 Å². The van der Waals surface area contributed by atoms with Crippen molar-refractivity contribution in [2.45, 2.75) is 33.6 Å². The van der Waals surface area contributed by atoms with Gasteiger partial charge >= 0.3 is 0 Å². The Kier molecular flexibility index (Phi) is 5.35. The van der Waals surface area contributed by atoms with Gasteiger partial charge in [0.25, 0.3) is 5.91 Å². The summed E-state index contributed by atoms with van der Waals surface area (Å²) in [4.78, 5) is 34.6. The van der Waals surface area contributed by atoms with E-state index in [0.29, 0.717) is 35.5 Å². The van der Waals surface area contributed by atoms with Gasteiger partial charge in [-0.25, -0.2) is 9.97 Å². The van der Waals surface area contributed by atoms with Gasteiger partial charge in [-0.3, -0.25) is 14.2 Å². The SMILES string of the molecule is CCC(=O)Nc1ccc(-n2cnc(C(=O)N3C[C@H](C)C[C@@H](C)C3)c2)nc1. The van der Waals surface area contributed by atoms with Crippen molar-refractivity contribution in [1.82, 2.24) is 19.4 Å². The molecular formula is C19H25N5O2. The van der Waals surface area contributed by atoms with Gasteiger partial charge in [0.05, 0.1) is 11.9 Å². The fourth-order valence-corrected chi connectivity index (χ4v) is 3.41. The highest BCUT2D eigenvalue weighted by atomic mass is 16.2. The van der Waals surface area contributed by atoms with Crippen molar-refractivity contribution in [2.24, 2.45) is 11.8 Å². The van der Waals surface area contributed by atoms with Crippen LogP contribution in [-0.4, -0.2) is 44.3 Å². The maximum absolute atomic E-state index is 12.7. The highest BCUT2D eigenvalue weighted by molar-refractivity contribution is 5.92. The summed E-state index contributed by atoms with van der Waals surface area (Å²) in [7, 11) is 0. The monoisotopic (exact) mass is 355 g/mol. The number of carbonyl (C=O) groups is 2. The molecule has 0 unspecified atom stereocenters. The molecule has 0 radical (unpaired) electrons. The number of hydrogen-bond acceptors (Lipinski definition) is 4. The number of pyridine rings is 1. The summed E-state index contributed by atoms with van der Waals surface area (Å²) in [6.45, 7) is 7.71. The first-order valence-corrected chi connectivity index (χ1v) is 9.05. The predicted molar refractivity (Wildman–Crippen MR) is 99.1 cm³/mol. The normalized spacial score (nSPS) is 20.0. The lowest BCUT2D eigenvalue weighted by Gasteiger charge is -2.34. The highest BCUT2D eigenvalue weighted by Crippen LogP contribution is 2.22. The van der Waals surface area contributed by atoms with E-state index in [1.54, 1.807) is 42.3 Å². The molecular weight excluding hydrogens is 330 g/mol. The Hall–Kier alpha value is -2.70. The largest absolute Gasteiger partial charge is 0.337 e. The number of piperidine rings is 1. The Morgan fingerprint density at radius 1 is 1.19 bits per heavy atom. The van der Waals surface area contributed by atoms with Gasteiger partial charge in [0, 0.05) is 25.7 Å². The molecule has 138 valence electrons. The lowest BCUT2D eigenvalue weighted by Crippen LogP contribution is -2.42. The molecule has 0 saturated carbocycles. The third kappa shape index (κ3) is 4.09. The molecule has 1 aliphatic rings. The average molecular weight is 355 g/mol. The molecule has 2 aromatic rings. The Bertz CT molecular complexity index is 773. The number of anilines is 1. The van der Waals surface area contributed by atoms with Crippen molar-refractivity contribution in [1.29, 1.82) is 0 Å². The van der Waals surface area contributed by atoms with Gasteiger partial charge in [0.2, 0.25) is 5.91 Å². The molecule has 0 spiro atoms. The summed E-state index contributed by atoms with van der Waals surface area (Å²) < 4.78 is 1.72. The number of nitrogens with one attached hydrogen (secondary N) is 1. The summed E-state index contributed by atoms with van der Waals surface area (Å²) in [6.07, 6.45) is 6.47. The molecule has 7 nitrogen and oxygen atoms in total. The van der Waals surface area contributed by atoms with Gasteiger partial charge in [-0.2, -0.15) is 0 Å². The minimum Gasteiger partial charge on any atom is -0.337 e. The fourth-order valence-electron chi connectivity index (χ4n) is 3.41. The van der Waals surface area contributed by atoms with Crippen LogP contribution in [0, 0.1) is 11.8 Å². The molecule has 0 bridgehead atoms. The van der Waals surface area contributed by atoms with E-state index in [4.69, 9.17) is 0 Å². The first-order chi connectivity index (χ1) is 12.5. The van der Waals surface area contributed by atoms with Crippen LogP contribution in [0.1, 0.15) is 44.1 Å². The molecule has 3 rings (SSSR count). The van der Waals surface area contributed by atoms with Crippen molar-refractivity contribution in [3.8, 4) is 5.82 Å². The van der Waals surface area contributed by atoms with Gasteiger partial charge in [0.1, 0.15) is 17.8 Å². The van der Waals surface area contributed by atoms with E-state index in [9.17, 15) is 9.59 Å². The van der Waals surface area contributed by atoms with Gasteiger partial charge < -0.3 is 10.2 Å². The molecule has 0 aromatic carbocycles. The number of imidazole rings is 1. The molecule has 2 amide bonds. The lowest BCUT2D eigenvalue weighted by atomic mass is 9.92.